The van der Waals surface area contributed by atoms with E-state index in [0.717, 1.165) is 39.4 Å². The molecular formula is C16H22N4O. The number of nitrogens with zero attached hydrogens (tertiary/aromatic N) is 3. The molecular weight excluding hydrogens is 264 g/mol. The van der Waals surface area contributed by atoms with Crippen LogP contribution >= 0.6 is 0 Å². The molecule has 0 atom stereocenters. The van der Waals surface area contributed by atoms with Crippen LogP contribution in [0.25, 0.3) is 0 Å². The third kappa shape index (κ3) is 3.62. The third-order valence-electron chi connectivity index (χ3n) is 3.87. The Bertz CT molecular complexity index is 558. The highest BCUT2D eigenvalue weighted by atomic mass is 16.5. The van der Waals surface area contributed by atoms with E-state index in [0.29, 0.717) is 0 Å². The van der Waals surface area contributed by atoms with Crippen LogP contribution in [-0.2, 0) is 24.9 Å². The van der Waals surface area contributed by atoms with Crippen LogP contribution in [0.4, 0.5) is 5.69 Å². The van der Waals surface area contributed by atoms with Crippen molar-refractivity contribution in [2.75, 3.05) is 31.2 Å². The molecule has 1 aliphatic heterocycles. The summed E-state index contributed by atoms with van der Waals surface area (Å²) in [5, 5.41) is 7.62. The monoisotopic (exact) mass is 286 g/mol. The van der Waals surface area contributed by atoms with Crippen LogP contribution in [0.2, 0.25) is 0 Å². The van der Waals surface area contributed by atoms with Gasteiger partial charge in [0.25, 0.3) is 0 Å². The third-order valence-corrected chi connectivity index (χ3v) is 3.87. The second-order valence-electron chi connectivity index (χ2n) is 5.32. The lowest BCUT2D eigenvalue weighted by molar-refractivity contribution is 0.122. The average molecular weight is 286 g/mol. The van der Waals surface area contributed by atoms with E-state index in [2.05, 4.69) is 39.6 Å². The molecule has 1 aliphatic rings. The van der Waals surface area contributed by atoms with Crippen molar-refractivity contribution in [2.45, 2.75) is 13.1 Å². The number of benzene rings is 1. The molecule has 5 nitrogen and oxygen atoms in total. The Balaban J connectivity index is 1.51. The van der Waals surface area contributed by atoms with Crippen LogP contribution in [-0.4, -0.2) is 36.1 Å². The van der Waals surface area contributed by atoms with Crippen LogP contribution in [0.1, 0.15) is 11.3 Å². The van der Waals surface area contributed by atoms with E-state index in [-0.39, 0.29) is 0 Å². The van der Waals surface area contributed by atoms with Gasteiger partial charge in [-0.3, -0.25) is 4.68 Å². The summed E-state index contributed by atoms with van der Waals surface area (Å²) in [6.07, 6.45) is 1.83. The highest BCUT2D eigenvalue weighted by Crippen LogP contribution is 2.16. The maximum atomic E-state index is 5.38. The Labute approximate surface area is 125 Å². The SMILES string of the molecule is Cn1nccc1CNCc1ccc(N2CCOCC2)cc1. The van der Waals surface area contributed by atoms with Crippen LogP contribution < -0.4 is 10.2 Å². The number of aromatic nitrogens is 2. The maximum absolute atomic E-state index is 5.38. The quantitative estimate of drug-likeness (QED) is 0.905. The van der Waals surface area contributed by atoms with Gasteiger partial charge in [0, 0.05) is 45.1 Å². The van der Waals surface area contributed by atoms with Crippen molar-refractivity contribution in [1.82, 2.24) is 15.1 Å². The van der Waals surface area contributed by atoms with E-state index in [1.807, 2.05) is 24.0 Å². The Morgan fingerprint density at radius 1 is 1.10 bits per heavy atom. The number of morpholine rings is 1. The summed E-state index contributed by atoms with van der Waals surface area (Å²) >= 11 is 0. The van der Waals surface area contributed by atoms with E-state index in [1.165, 1.54) is 16.9 Å². The molecule has 1 N–H and O–H groups in total. The van der Waals surface area contributed by atoms with Crippen molar-refractivity contribution >= 4 is 5.69 Å². The van der Waals surface area contributed by atoms with Crippen molar-refractivity contribution < 1.29 is 4.74 Å². The number of anilines is 1. The molecule has 0 saturated carbocycles. The molecule has 1 saturated heterocycles. The summed E-state index contributed by atoms with van der Waals surface area (Å²) < 4.78 is 7.28. The second-order valence-corrected chi connectivity index (χ2v) is 5.32. The van der Waals surface area contributed by atoms with Gasteiger partial charge in [0.15, 0.2) is 0 Å². The summed E-state index contributed by atoms with van der Waals surface area (Å²) in [4.78, 5) is 2.37. The highest BCUT2D eigenvalue weighted by Gasteiger charge is 2.10. The lowest BCUT2D eigenvalue weighted by Crippen LogP contribution is -2.36. The summed E-state index contributed by atoms with van der Waals surface area (Å²) in [5.74, 6) is 0. The fraction of sp³-hybridized carbons (Fsp3) is 0.438. The molecule has 3 rings (SSSR count). The Kier molecular flexibility index (Phi) is 4.52. The molecule has 0 spiro atoms. The predicted molar refractivity (Wildman–Crippen MR) is 83.2 cm³/mol. The van der Waals surface area contributed by atoms with Gasteiger partial charge in [-0.1, -0.05) is 12.1 Å². The van der Waals surface area contributed by atoms with Crippen molar-refractivity contribution in [3.05, 3.63) is 47.8 Å². The molecule has 5 heteroatoms. The normalized spacial score (nSPS) is 15.4. The Morgan fingerprint density at radius 3 is 2.52 bits per heavy atom. The van der Waals surface area contributed by atoms with Gasteiger partial charge < -0.3 is 15.0 Å². The highest BCUT2D eigenvalue weighted by molar-refractivity contribution is 5.47. The zero-order valence-corrected chi connectivity index (χ0v) is 12.5. The minimum atomic E-state index is 0.827. The number of nitrogens with one attached hydrogen (secondary N) is 1. The van der Waals surface area contributed by atoms with Crippen molar-refractivity contribution in [2.24, 2.45) is 7.05 Å². The number of aryl methyl sites for hydroxylation is 1. The summed E-state index contributed by atoms with van der Waals surface area (Å²) in [5.41, 5.74) is 3.78. The van der Waals surface area contributed by atoms with Gasteiger partial charge in [-0.2, -0.15) is 5.10 Å². The molecule has 2 aromatic rings. The van der Waals surface area contributed by atoms with E-state index >= 15 is 0 Å². The largest absolute Gasteiger partial charge is 0.378 e. The van der Waals surface area contributed by atoms with E-state index in [9.17, 15) is 0 Å². The lowest BCUT2D eigenvalue weighted by Gasteiger charge is -2.28. The molecule has 1 fully saturated rings. The van der Waals surface area contributed by atoms with Crippen LogP contribution in [0, 0.1) is 0 Å². The smallest absolute Gasteiger partial charge is 0.0642 e. The molecule has 2 heterocycles. The molecule has 0 bridgehead atoms. The molecule has 112 valence electrons. The maximum Gasteiger partial charge on any atom is 0.0642 e. The van der Waals surface area contributed by atoms with Gasteiger partial charge in [0.2, 0.25) is 0 Å². The van der Waals surface area contributed by atoms with Gasteiger partial charge in [-0.25, -0.2) is 0 Å². The average Bonchev–Trinajstić information content (AvgIpc) is 2.94. The zero-order valence-electron chi connectivity index (χ0n) is 12.5. The van der Waals surface area contributed by atoms with Crippen LogP contribution in [0.3, 0.4) is 0 Å². The van der Waals surface area contributed by atoms with Crippen molar-refractivity contribution in [3.8, 4) is 0 Å². The van der Waals surface area contributed by atoms with E-state index in [1.54, 1.807) is 0 Å². The number of rotatable bonds is 5. The van der Waals surface area contributed by atoms with Crippen LogP contribution in [0.15, 0.2) is 36.5 Å². The van der Waals surface area contributed by atoms with Crippen molar-refractivity contribution in [1.29, 1.82) is 0 Å². The van der Waals surface area contributed by atoms with E-state index < -0.39 is 0 Å². The topological polar surface area (TPSA) is 42.3 Å². The molecule has 1 aromatic carbocycles. The van der Waals surface area contributed by atoms with Gasteiger partial charge in [-0.15, -0.1) is 0 Å². The molecule has 0 amide bonds. The number of hydrogen-bond acceptors (Lipinski definition) is 4. The Morgan fingerprint density at radius 2 is 1.86 bits per heavy atom. The molecule has 0 radical (unpaired) electrons. The standard InChI is InChI=1S/C16H22N4O/c1-19-16(6-7-18-19)13-17-12-14-2-4-15(5-3-14)20-8-10-21-11-9-20/h2-7,17H,8-13H2,1H3. The first-order valence-electron chi connectivity index (χ1n) is 7.42. The predicted octanol–water partition coefficient (Wildman–Crippen LogP) is 1.55. The zero-order chi connectivity index (χ0) is 14.5. The van der Waals surface area contributed by atoms with Gasteiger partial charge >= 0.3 is 0 Å². The Hall–Kier alpha value is -1.85. The summed E-state index contributed by atoms with van der Waals surface area (Å²) in [6.45, 7) is 5.33. The lowest BCUT2D eigenvalue weighted by atomic mass is 10.2. The minimum Gasteiger partial charge on any atom is -0.378 e. The number of ether oxygens (including phenoxy) is 1. The molecule has 0 unspecified atom stereocenters. The van der Waals surface area contributed by atoms with Gasteiger partial charge in [0.05, 0.1) is 18.9 Å². The second kappa shape index (κ2) is 6.74. The first-order valence-corrected chi connectivity index (χ1v) is 7.42. The summed E-state index contributed by atoms with van der Waals surface area (Å²) in [7, 11) is 1.97. The first-order chi connectivity index (χ1) is 10.3. The fourth-order valence-corrected chi connectivity index (χ4v) is 2.56. The van der Waals surface area contributed by atoms with Gasteiger partial charge in [-0.05, 0) is 23.8 Å². The van der Waals surface area contributed by atoms with E-state index in [4.69, 9.17) is 4.74 Å². The first kappa shape index (κ1) is 14.1. The minimum absolute atomic E-state index is 0.827. The molecule has 0 aliphatic carbocycles. The molecule has 21 heavy (non-hydrogen) atoms. The van der Waals surface area contributed by atoms with Gasteiger partial charge in [0.1, 0.15) is 0 Å². The van der Waals surface area contributed by atoms with Crippen LogP contribution in [0.5, 0.6) is 0 Å². The number of hydrogen-bond donors (Lipinski definition) is 1. The fourth-order valence-electron chi connectivity index (χ4n) is 2.56. The molecule has 1 aromatic heterocycles. The summed E-state index contributed by atoms with van der Waals surface area (Å²) in [6, 6.07) is 10.8. The van der Waals surface area contributed by atoms with Crippen molar-refractivity contribution in [3.63, 3.8) is 0 Å².